The molecule has 114 valence electrons. The van der Waals surface area contributed by atoms with Crippen molar-refractivity contribution in [3.63, 3.8) is 0 Å². The quantitative estimate of drug-likeness (QED) is 0.922. The van der Waals surface area contributed by atoms with Gasteiger partial charge in [-0.1, -0.05) is 18.2 Å². The van der Waals surface area contributed by atoms with E-state index in [1.54, 1.807) is 6.20 Å². The lowest BCUT2D eigenvalue weighted by atomic mass is 10.2. The molecule has 1 aliphatic heterocycles. The summed E-state index contributed by atoms with van der Waals surface area (Å²) >= 11 is 0. The molecule has 2 aromatic rings. The van der Waals surface area contributed by atoms with Crippen LogP contribution < -0.4 is 10.1 Å². The Balaban J connectivity index is 1.52. The molecule has 0 radical (unpaired) electrons. The molecular formula is C17H18N2O3. The summed E-state index contributed by atoms with van der Waals surface area (Å²) < 4.78 is 11.0. The fourth-order valence-electron chi connectivity index (χ4n) is 2.28. The van der Waals surface area contributed by atoms with Gasteiger partial charge >= 0.3 is 0 Å². The molecular weight excluding hydrogens is 280 g/mol. The number of rotatable bonds is 5. The van der Waals surface area contributed by atoms with E-state index < -0.39 is 0 Å². The molecule has 0 aliphatic carbocycles. The summed E-state index contributed by atoms with van der Waals surface area (Å²) in [6.45, 7) is 1.06. The highest BCUT2D eigenvalue weighted by molar-refractivity contribution is 5.80. The topological polar surface area (TPSA) is 60.5 Å². The maximum atomic E-state index is 11.8. The Morgan fingerprint density at radius 3 is 2.77 bits per heavy atom. The minimum atomic E-state index is -0.305. The molecule has 1 fully saturated rings. The molecule has 5 nitrogen and oxygen atoms in total. The van der Waals surface area contributed by atoms with Crippen molar-refractivity contribution in [3.8, 4) is 11.5 Å². The van der Waals surface area contributed by atoms with Crippen molar-refractivity contribution in [2.75, 3.05) is 6.61 Å². The third kappa shape index (κ3) is 3.83. The Hall–Kier alpha value is -2.40. The van der Waals surface area contributed by atoms with Crippen LogP contribution in [0.4, 0.5) is 0 Å². The highest BCUT2D eigenvalue weighted by atomic mass is 16.5. The van der Waals surface area contributed by atoms with Gasteiger partial charge in [0, 0.05) is 6.61 Å². The number of amides is 1. The number of nitrogens with zero attached hydrogens (tertiary/aromatic N) is 1. The van der Waals surface area contributed by atoms with Gasteiger partial charge in [0.15, 0.2) is 0 Å². The van der Waals surface area contributed by atoms with Crippen LogP contribution in [0.3, 0.4) is 0 Å². The van der Waals surface area contributed by atoms with Gasteiger partial charge in [0.2, 0.25) is 5.91 Å². The number of aromatic nitrogens is 1. The first-order valence-electron chi connectivity index (χ1n) is 7.38. The average Bonchev–Trinajstić information content (AvgIpc) is 3.09. The van der Waals surface area contributed by atoms with Crippen molar-refractivity contribution in [1.82, 2.24) is 10.3 Å². The fraction of sp³-hybridized carbons (Fsp3) is 0.294. The van der Waals surface area contributed by atoms with Crippen LogP contribution in [0, 0.1) is 0 Å². The molecule has 1 N–H and O–H groups in total. The number of hydrogen-bond acceptors (Lipinski definition) is 4. The van der Waals surface area contributed by atoms with Gasteiger partial charge in [-0.15, -0.1) is 0 Å². The lowest BCUT2D eigenvalue weighted by molar-refractivity contribution is -0.130. The minimum Gasteiger partial charge on any atom is -0.456 e. The standard InChI is InChI=1S/C17H18N2O3/c20-17(16-7-4-10-21-16)19-11-13-8-9-15(12-18-13)22-14-5-2-1-3-6-14/h1-3,5-6,8-9,12,16H,4,7,10-11H2,(H,19,20)/t16-/m1/s1. The number of nitrogens with one attached hydrogen (secondary N) is 1. The summed E-state index contributed by atoms with van der Waals surface area (Å²) in [5.41, 5.74) is 0.784. The lowest BCUT2D eigenvalue weighted by Crippen LogP contribution is -2.33. The third-order valence-electron chi connectivity index (χ3n) is 3.44. The van der Waals surface area contributed by atoms with Gasteiger partial charge in [0.05, 0.1) is 18.4 Å². The molecule has 1 atom stereocenters. The number of para-hydroxylation sites is 1. The predicted molar refractivity (Wildman–Crippen MR) is 81.6 cm³/mol. The lowest BCUT2D eigenvalue weighted by Gasteiger charge is -2.10. The number of carbonyl (C=O) groups is 1. The van der Waals surface area contributed by atoms with Crippen molar-refractivity contribution in [2.45, 2.75) is 25.5 Å². The summed E-state index contributed by atoms with van der Waals surface area (Å²) in [7, 11) is 0. The predicted octanol–water partition coefficient (Wildman–Crippen LogP) is 2.67. The number of ether oxygens (including phenoxy) is 2. The molecule has 0 unspecified atom stereocenters. The summed E-state index contributed by atoms with van der Waals surface area (Å²) in [5.74, 6) is 1.37. The van der Waals surface area contributed by atoms with Crippen molar-refractivity contribution < 1.29 is 14.3 Å². The molecule has 5 heteroatoms. The van der Waals surface area contributed by atoms with Gasteiger partial charge in [-0.3, -0.25) is 9.78 Å². The van der Waals surface area contributed by atoms with Crippen LogP contribution in [0.5, 0.6) is 11.5 Å². The first-order chi connectivity index (χ1) is 10.8. The molecule has 3 rings (SSSR count). The smallest absolute Gasteiger partial charge is 0.249 e. The molecule has 1 amide bonds. The molecule has 1 aromatic heterocycles. The summed E-state index contributed by atoms with van der Waals surface area (Å²) in [4.78, 5) is 16.1. The molecule has 2 heterocycles. The zero-order valence-corrected chi connectivity index (χ0v) is 12.2. The second-order valence-corrected chi connectivity index (χ2v) is 5.12. The van der Waals surface area contributed by atoms with Gasteiger partial charge in [0.1, 0.15) is 17.6 Å². The van der Waals surface area contributed by atoms with E-state index in [2.05, 4.69) is 10.3 Å². The Morgan fingerprint density at radius 2 is 2.09 bits per heavy atom. The van der Waals surface area contributed by atoms with Crippen molar-refractivity contribution in [2.24, 2.45) is 0 Å². The number of hydrogen-bond donors (Lipinski definition) is 1. The van der Waals surface area contributed by atoms with Crippen molar-refractivity contribution in [1.29, 1.82) is 0 Å². The molecule has 0 bridgehead atoms. The van der Waals surface area contributed by atoms with E-state index in [0.29, 0.717) is 18.9 Å². The number of benzene rings is 1. The zero-order chi connectivity index (χ0) is 15.2. The van der Waals surface area contributed by atoms with Crippen LogP contribution >= 0.6 is 0 Å². The minimum absolute atomic E-state index is 0.0658. The second-order valence-electron chi connectivity index (χ2n) is 5.12. The van der Waals surface area contributed by atoms with Crippen LogP contribution in [-0.2, 0) is 16.1 Å². The zero-order valence-electron chi connectivity index (χ0n) is 12.2. The Labute approximate surface area is 129 Å². The van der Waals surface area contributed by atoms with Crippen molar-refractivity contribution in [3.05, 3.63) is 54.4 Å². The van der Waals surface area contributed by atoms with Gasteiger partial charge in [-0.05, 0) is 37.1 Å². The first-order valence-corrected chi connectivity index (χ1v) is 7.38. The van der Waals surface area contributed by atoms with Crippen LogP contribution in [0.25, 0.3) is 0 Å². The monoisotopic (exact) mass is 298 g/mol. The maximum Gasteiger partial charge on any atom is 0.249 e. The normalized spacial score (nSPS) is 17.2. The van der Waals surface area contributed by atoms with Gasteiger partial charge in [-0.25, -0.2) is 0 Å². The summed E-state index contributed by atoms with van der Waals surface area (Å²) in [5, 5.41) is 2.84. The van der Waals surface area contributed by atoms with Crippen LogP contribution in [0.1, 0.15) is 18.5 Å². The Kier molecular flexibility index (Phi) is 4.65. The van der Waals surface area contributed by atoms with E-state index in [1.165, 1.54) is 0 Å². The SMILES string of the molecule is O=C(NCc1ccc(Oc2ccccc2)cn1)[C@H]1CCCO1. The van der Waals surface area contributed by atoms with Crippen LogP contribution in [0.15, 0.2) is 48.7 Å². The third-order valence-corrected chi connectivity index (χ3v) is 3.44. The Morgan fingerprint density at radius 1 is 1.23 bits per heavy atom. The van der Waals surface area contributed by atoms with Crippen LogP contribution in [0.2, 0.25) is 0 Å². The molecule has 0 spiro atoms. The van der Waals surface area contributed by atoms with Gasteiger partial charge < -0.3 is 14.8 Å². The highest BCUT2D eigenvalue weighted by Gasteiger charge is 2.23. The molecule has 1 saturated heterocycles. The van der Waals surface area contributed by atoms with Crippen LogP contribution in [-0.4, -0.2) is 23.6 Å². The van der Waals surface area contributed by atoms with Gasteiger partial charge in [0.25, 0.3) is 0 Å². The van der Waals surface area contributed by atoms with Crippen molar-refractivity contribution >= 4 is 5.91 Å². The summed E-state index contributed by atoms with van der Waals surface area (Å²) in [6, 6.07) is 13.2. The first kappa shape index (κ1) is 14.5. The molecule has 1 aliphatic rings. The highest BCUT2D eigenvalue weighted by Crippen LogP contribution is 2.19. The largest absolute Gasteiger partial charge is 0.456 e. The van der Waals surface area contributed by atoms with E-state index in [-0.39, 0.29) is 12.0 Å². The number of pyridine rings is 1. The Bertz CT molecular complexity index is 608. The molecule has 1 aromatic carbocycles. The number of carbonyl (C=O) groups excluding carboxylic acids is 1. The van der Waals surface area contributed by atoms with Gasteiger partial charge in [-0.2, -0.15) is 0 Å². The van der Waals surface area contributed by atoms with E-state index in [0.717, 1.165) is 24.3 Å². The summed E-state index contributed by atoms with van der Waals surface area (Å²) in [6.07, 6.45) is 3.09. The van der Waals surface area contributed by atoms with E-state index >= 15 is 0 Å². The second kappa shape index (κ2) is 7.04. The van der Waals surface area contributed by atoms with E-state index in [4.69, 9.17) is 9.47 Å². The fourth-order valence-corrected chi connectivity index (χ4v) is 2.28. The van der Waals surface area contributed by atoms with E-state index in [9.17, 15) is 4.79 Å². The molecule has 0 saturated carbocycles. The average molecular weight is 298 g/mol. The van der Waals surface area contributed by atoms with E-state index in [1.807, 2.05) is 42.5 Å². The molecule has 22 heavy (non-hydrogen) atoms. The maximum absolute atomic E-state index is 11.8.